The standard InChI is InChI=1S/C9H16N4O2/c1-5-12-9(10-6(2)3)8(13(14)15)7(4)11-12/h6,10H,5H2,1-4H3. The Morgan fingerprint density at radius 1 is 1.60 bits per heavy atom. The summed E-state index contributed by atoms with van der Waals surface area (Å²) in [5, 5.41) is 18.0. The molecule has 15 heavy (non-hydrogen) atoms. The van der Waals surface area contributed by atoms with E-state index in [2.05, 4.69) is 10.4 Å². The number of nitro groups is 1. The third-order valence-electron chi connectivity index (χ3n) is 2.00. The maximum atomic E-state index is 10.9. The van der Waals surface area contributed by atoms with Gasteiger partial charge < -0.3 is 5.32 Å². The minimum atomic E-state index is -0.390. The number of aryl methyl sites for hydroxylation is 2. The molecular formula is C9H16N4O2. The lowest BCUT2D eigenvalue weighted by atomic mass is 10.3. The van der Waals surface area contributed by atoms with Crippen LogP contribution in [0.15, 0.2) is 0 Å². The number of hydrogen-bond acceptors (Lipinski definition) is 4. The van der Waals surface area contributed by atoms with Crippen LogP contribution in [-0.2, 0) is 6.54 Å². The molecule has 1 N–H and O–H groups in total. The number of rotatable bonds is 4. The number of aromatic nitrogens is 2. The Labute approximate surface area is 88.4 Å². The molecule has 0 aliphatic heterocycles. The van der Waals surface area contributed by atoms with E-state index in [1.165, 1.54) is 0 Å². The summed E-state index contributed by atoms with van der Waals surface area (Å²) in [5.41, 5.74) is 0.524. The summed E-state index contributed by atoms with van der Waals surface area (Å²) in [6.07, 6.45) is 0. The molecule has 0 aliphatic carbocycles. The molecule has 0 aliphatic rings. The predicted octanol–water partition coefficient (Wildman–Crippen LogP) is 1.94. The molecule has 1 aromatic rings. The van der Waals surface area contributed by atoms with Crippen LogP contribution in [0, 0.1) is 17.0 Å². The largest absolute Gasteiger partial charge is 0.362 e. The van der Waals surface area contributed by atoms with Crippen molar-refractivity contribution in [1.82, 2.24) is 9.78 Å². The molecular weight excluding hydrogens is 196 g/mol. The average molecular weight is 212 g/mol. The molecule has 0 saturated heterocycles. The van der Waals surface area contributed by atoms with Crippen molar-refractivity contribution >= 4 is 11.5 Å². The van der Waals surface area contributed by atoms with Gasteiger partial charge in [-0.25, -0.2) is 4.68 Å². The second-order valence-corrected chi connectivity index (χ2v) is 3.65. The SMILES string of the molecule is CCn1nc(C)c([N+](=O)[O-])c1NC(C)C. The molecule has 0 bridgehead atoms. The van der Waals surface area contributed by atoms with Crippen molar-refractivity contribution in [3.8, 4) is 0 Å². The average Bonchev–Trinajstić information content (AvgIpc) is 2.41. The summed E-state index contributed by atoms with van der Waals surface area (Å²) in [6.45, 7) is 8.04. The fourth-order valence-electron chi connectivity index (χ4n) is 1.44. The molecule has 0 amide bonds. The Morgan fingerprint density at radius 2 is 2.20 bits per heavy atom. The minimum absolute atomic E-state index is 0.0746. The van der Waals surface area contributed by atoms with Gasteiger partial charge in [-0.3, -0.25) is 10.1 Å². The van der Waals surface area contributed by atoms with Gasteiger partial charge in [0, 0.05) is 12.6 Å². The van der Waals surface area contributed by atoms with Gasteiger partial charge in [0.2, 0.25) is 5.82 Å². The lowest BCUT2D eigenvalue weighted by Gasteiger charge is -2.10. The summed E-state index contributed by atoms with van der Waals surface area (Å²) in [4.78, 5) is 10.5. The van der Waals surface area contributed by atoms with E-state index in [1.54, 1.807) is 11.6 Å². The quantitative estimate of drug-likeness (QED) is 0.611. The fourth-order valence-corrected chi connectivity index (χ4v) is 1.44. The highest BCUT2D eigenvalue weighted by atomic mass is 16.6. The highest BCUT2D eigenvalue weighted by Gasteiger charge is 2.24. The molecule has 6 nitrogen and oxygen atoms in total. The summed E-state index contributed by atoms with van der Waals surface area (Å²) >= 11 is 0. The first-order chi connectivity index (χ1) is 6.97. The van der Waals surface area contributed by atoms with Crippen LogP contribution in [0.25, 0.3) is 0 Å². The monoisotopic (exact) mass is 212 g/mol. The Balaban J connectivity index is 3.23. The molecule has 0 fully saturated rings. The van der Waals surface area contributed by atoms with Crippen molar-refractivity contribution in [1.29, 1.82) is 0 Å². The van der Waals surface area contributed by atoms with Gasteiger partial charge >= 0.3 is 5.69 Å². The molecule has 0 aromatic carbocycles. The second-order valence-electron chi connectivity index (χ2n) is 3.65. The smallest absolute Gasteiger partial charge is 0.333 e. The molecule has 1 aromatic heterocycles. The van der Waals surface area contributed by atoms with E-state index in [0.29, 0.717) is 18.1 Å². The van der Waals surface area contributed by atoms with Gasteiger partial charge in [0.15, 0.2) is 0 Å². The van der Waals surface area contributed by atoms with E-state index in [4.69, 9.17) is 0 Å². The first-order valence-electron chi connectivity index (χ1n) is 4.95. The Bertz CT molecular complexity index is 370. The number of nitrogens with one attached hydrogen (secondary N) is 1. The normalized spacial score (nSPS) is 10.7. The summed E-state index contributed by atoms with van der Waals surface area (Å²) in [5.74, 6) is 0.495. The van der Waals surface area contributed by atoms with Crippen molar-refractivity contribution < 1.29 is 4.92 Å². The van der Waals surface area contributed by atoms with E-state index in [9.17, 15) is 10.1 Å². The van der Waals surface area contributed by atoms with Crippen molar-refractivity contribution in [2.24, 2.45) is 0 Å². The lowest BCUT2D eigenvalue weighted by Crippen LogP contribution is -2.15. The molecule has 6 heteroatoms. The van der Waals surface area contributed by atoms with Gasteiger partial charge in [-0.2, -0.15) is 5.10 Å². The maximum absolute atomic E-state index is 10.9. The van der Waals surface area contributed by atoms with Crippen LogP contribution >= 0.6 is 0 Å². The Hall–Kier alpha value is -1.59. The number of hydrogen-bond donors (Lipinski definition) is 1. The maximum Gasteiger partial charge on any atom is 0.333 e. The molecule has 84 valence electrons. The van der Waals surface area contributed by atoms with Crippen molar-refractivity contribution in [2.45, 2.75) is 40.3 Å². The van der Waals surface area contributed by atoms with Crippen molar-refractivity contribution in [3.05, 3.63) is 15.8 Å². The van der Waals surface area contributed by atoms with Crippen molar-refractivity contribution in [3.63, 3.8) is 0 Å². The zero-order valence-corrected chi connectivity index (χ0v) is 9.44. The lowest BCUT2D eigenvalue weighted by molar-refractivity contribution is -0.384. The van der Waals surface area contributed by atoms with E-state index in [0.717, 1.165) is 0 Å². The molecule has 1 heterocycles. The molecule has 0 radical (unpaired) electrons. The van der Waals surface area contributed by atoms with Crippen LogP contribution < -0.4 is 5.32 Å². The molecule has 0 unspecified atom stereocenters. The van der Waals surface area contributed by atoms with Crippen LogP contribution in [-0.4, -0.2) is 20.7 Å². The highest BCUT2D eigenvalue weighted by Crippen LogP contribution is 2.28. The topological polar surface area (TPSA) is 73.0 Å². The van der Waals surface area contributed by atoms with E-state index in [-0.39, 0.29) is 16.7 Å². The molecule has 0 saturated carbocycles. The van der Waals surface area contributed by atoms with Crippen LogP contribution in [0.5, 0.6) is 0 Å². The van der Waals surface area contributed by atoms with Gasteiger partial charge in [0.1, 0.15) is 5.69 Å². The van der Waals surface area contributed by atoms with E-state index in [1.807, 2.05) is 20.8 Å². The third-order valence-corrected chi connectivity index (χ3v) is 2.00. The van der Waals surface area contributed by atoms with E-state index >= 15 is 0 Å². The Kier molecular flexibility index (Phi) is 3.28. The molecule has 0 atom stereocenters. The van der Waals surface area contributed by atoms with Gasteiger partial charge in [0.25, 0.3) is 0 Å². The van der Waals surface area contributed by atoms with Gasteiger partial charge in [0.05, 0.1) is 4.92 Å². The number of anilines is 1. The van der Waals surface area contributed by atoms with Crippen molar-refractivity contribution in [2.75, 3.05) is 5.32 Å². The highest BCUT2D eigenvalue weighted by molar-refractivity contribution is 5.59. The molecule has 0 spiro atoms. The first-order valence-corrected chi connectivity index (χ1v) is 4.95. The van der Waals surface area contributed by atoms with Gasteiger partial charge in [-0.15, -0.1) is 0 Å². The van der Waals surface area contributed by atoms with Crippen LogP contribution in [0.4, 0.5) is 11.5 Å². The Morgan fingerprint density at radius 3 is 2.60 bits per heavy atom. The first kappa shape index (κ1) is 11.5. The van der Waals surface area contributed by atoms with E-state index < -0.39 is 0 Å². The predicted molar refractivity (Wildman–Crippen MR) is 58.1 cm³/mol. The van der Waals surface area contributed by atoms with Crippen LogP contribution in [0.2, 0.25) is 0 Å². The zero-order valence-electron chi connectivity index (χ0n) is 9.44. The second kappa shape index (κ2) is 4.29. The third kappa shape index (κ3) is 2.26. The minimum Gasteiger partial charge on any atom is -0.362 e. The number of nitrogens with zero attached hydrogens (tertiary/aromatic N) is 3. The van der Waals surface area contributed by atoms with Crippen LogP contribution in [0.3, 0.4) is 0 Å². The zero-order chi connectivity index (χ0) is 11.6. The van der Waals surface area contributed by atoms with Gasteiger partial charge in [-0.1, -0.05) is 0 Å². The fraction of sp³-hybridized carbons (Fsp3) is 0.667. The van der Waals surface area contributed by atoms with Gasteiger partial charge in [-0.05, 0) is 27.7 Å². The van der Waals surface area contributed by atoms with Crippen LogP contribution in [0.1, 0.15) is 26.5 Å². The molecule has 1 rings (SSSR count). The summed E-state index contributed by atoms with van der Waals surface area (Å²) in [7, 11) is 0. The summed E-state index contributed by atoms with van der Waals surface area (Å²) < 4.78 is 1.62. The summed E-state index contributed by atoms with van der Waals surface area (Å²) in [6, 6.07) is 0.144.